The highest BCUT2D eigenvalue weighted by atomic mass is 35.5. The summed E-state index contributed by atoms with van der Waals surface area (Å²) in [6.45, 7) is 0. The molecule has 0 unspecified atom stereocenters. The van der Waals surface area contributed by atoms with E-state index in [4.69, 9.17) is 58.0 Å². The largest absolute Gasteiger partial charge is 0.350 e. The first kappa shape index (κ1) is 18.4. The predicted octanol–water partition coefficient (Wildman–Crippen LogP) is 5.74. The fourth-order valence-corrected chi connectivity index (χ4v) is 3.26. The molecule has 0 spiro atoms. The lowest BCUT2D eigenvalue weighted by molar-refractivity contribution is -0.120. The van der Waals surface area contributed by atoms with Gasteiger partial charge in [0.1, 0.15) is 10.7 Å². The molecule has 1 heterocycles. The number of imide groups is 1. The number of benzene rings is 2. The van der Waals surface area contributed by atoms with E-state index in [0.29, 0.717) is 15.7 Å². The minimum atomic E-state index is -0.687. The normalized spacial score (nSPS) is 14.5. The van der Waals surface area contributed by atoms with Crippen LogP contribution in [0.2, 0.25) is 20.1 Å². The summed E-state index contributed by atoms with van der Waals surface area (Å²) in [6.07, 6.45) is 0. The molecular weight excluding hydrogens is 429 g/mol. The molecule has 4 nitrogen and oxygen atoms in total. The SMILES string of the molecule is O=C1C(Cl)=C(Nc2ccc(Cl)c(Cl)c2)C(=O)N1c1cc(Cl)cc(Cl)c1. The zero-order valence-corrected chi connectivity index (χ0v) is 15.9. The third-order valence-corrected chi connectivity index (χ3v) is 4.85. The zero-order valence-electron chi connectivity index (χ0n) is 12.1. The molecule has 2 aromatic carbocycles. The Kier molecular flexibility index (Phi) is 5.19. The van der Waals surface area contributed by atoms with E-state index in [9.17, 15) is 9.59 Å². The highest BCUT2D eigenvalue weighted by molar-refractivity contribution is 6.53. The van der Waals surface area contributed by atoms with Crippen molar-refractivity contribution >= 4 is 81.2 Å². The quantitative estimate of drug-likeness (QED) is 0.625. The Labute approximate surface area is 167 Å². The van der Waals surface area contributed by atoms with Crippen molar-refractivity contribution in [2.45, 2.75) is 0 Å². The maximum Gasteiger partial charge on any atom is 0.283 e. The van der Waals surface area contributed by atoms with Crippen LogP contribution in [0.1, 0.15) is 0 Å². The topological polar surface area (TPSA) is 49.4 Å². The Morgan fingerprint density at radius 1 is 0.760 bits per heavy atom. The molecule has 128 valence electrons. The van der Waals surface area contributed by atoms with Gasteiger partial charge in [0, 0.05) is 15.7 Å². The van der Waals surface area contributed by atoms with Crippen molar-refractivity contribution in [2.24, 2.45) is 0 Å². The van der Waals surface area contributed by atoms with Crippen LogP contribution in [0.3, 0.4) is 0 Å². The lowest BCUT2D eigenvalue weighted by Gasteiger charge is -2.16. The van der Waals surface area contributed by atoms with E-state index >= 15 is 0 Å². The van der Waals surface area contributed by atoms with Crippen LogP contribution in [-0.4, -0.2) is 11.8 Å². The summed E-state index contributed by atoms with van der Waals surface area (Å²) in [5.41, 5.74) is 0.590. The van der Waals surface area contributed by atoms with Crippen molar-refractivity contribution in [1.29, 1.82) is 0 Å². The molecule has 0 aliphatic carbocycles. The van der Waals surface area contributed by atoms with E-state index in [1.165, 1.54) is 24.3 Å². The molecule has 2 amide bonds. The second-order valence-electron chi connectivity index (χ2n) is 5.02. The lowest BCUT2D eigenvalue weighted by Crippen LogP contribution is -2.32. The molecule has 1 aliphatic rings. The first-order valence-electron chi connectivity index (χ1n) is 6.74. The highest BCUT2D eigenvalue weighted by Gasteiger charge is 2.39. The number of hydrogen-bond acceptors (Lipinski definition) is 3. The van der Waals surface area contributed by atoms with E-state index < -0.39 is 11.8 Å². The molecular formula is C16H7Cl5N2O2. The van der Waals surface area contributed by atoms with E-state index in [1.54, 1.807) is 12.1 Å². The predicted molar refractivity (Wildman–Crippen MR) is 102 cm³/mol. The van der Waals surface area contributed by atoms with E-state index in [-0.39, 0.29) is 26.5 Å². The number of amides is 2. The molecule has 0 atom stereocenters. The van der Waals surface area contributed by atoms with Gasteiger partial charge in [-0.05, 0) is 36.4 Å². The average Bonchev–Trinajstić information content (AvgIpc) is 2.73. The maximum atomic E-state index is 12.7. The lowest BCUT2D eigenvalue weighted by atomic mass is 10.3. The number of carbonyl (C=O) groups excluding carboxylic acids is 2. The summed E-state index contributed by atoms with van der Waals surface area (Å²) in [4.78, 5) is 26.0. The van der Waals surface area contributed by atoms with Crippen LogP contribution in [-0.2, 0) is 9.59 Å². The third kappa shape index (κ3) is 3.59. The summed E-state index contributed by atoms with van der Waals surface area (Å²) in [7, 11) is 0. The number of nitrogens with zero attached hydrogens (tertiary/aromatic N) is 1. The third-order valence-electron chi connectivity index (χ3n) is 3.32. The summed E-state index contributed by atoms with van der Waals surface area (Å²) >= 11 is 29.7. The molecule has 2 aromatic rings. The van der Waals surface area contributed by atoms with Crippen molar-refractivity contribution in [3.8, 4) is 0 Å². The number of nitrogens with one attached hydrogen (secondary N) is 1. The van der Waals surface area contributed by atoms with E-state index in [1.807, 2.05) is 0 Å². The minimum Gasteiger partial charge on any atom is -0.350 e. The van der Waals surface area contributed by atoms with Gasteiger partial charge >= 0.3 is 0 Å². The monoisotopic (exact) mass is 434 g/mol. The summed E-state index contributed by atoms with van der Waals surface area (Å²) in [5.74, 6) is -1.33. The van der Waals surface area contributed by atoms with Gasteiger partial charge in [0.2, 0.25) is 0 Å². The van der Waals surface area contributed by atoms with Gasteiger partial charge in [0.05, 0.1) is 15.7 Å². The highest BCUT2D eigenvalue weighted by Crippen LogP contribution is 2.34. The number of hydrogen-bond donors (Lipinski definition) is 1. The summed E-state index contributed by atoms with van der Waals surface area (Å²) in [5, 5.41) is 3.75. The molecule has 0 saturated heterocycles. The van der Waals surface area contributed by atoms with Crippen molar-refractivity contribution in [1.82, 2.24) is 0 Å². The van der Waals surface area contributed by atoms with Crippen LogP contribution in [0.15, 0.2) is 47.1 Å². The zero-order chi connectivity index (χ0) is 18.3. The summed E-state index contributed by atoms with van der Waals surface area (Å²) < 4.78 is 0. The number of rotatable bonds is 3. The van der Waals surface area contributed by atoms with E-state index in [0.717, 1.165) is 4.90 Å². The molecule has 3 rings (SSSR count). The van der Waals surface area contributed by atoms with Crippen LogP contribution in [0, 0.1) is 0 Å². The van der Waals surface area contributed by atoms with Gasteiger partial charge in [0.25, 0.3) is 11.8 Å². The second kappa shape index (κ2) is 7.06. The van der Waals surface area contributed by atoms with Crippen LogP contribution < -0.4 is 10.2 Å². The van der Waals surface area contributed by atoms with Gasteiger partial charge in [-0.25, -0.2) is 4.90 Å². The minimum absolute atomic E-state index is 0.0823. The molecule has 25 heavy (non-hydrogen) atoms. The Morgan fingerprint density at radius 2 is 1.40 bits per heavy atom. The number of anilines is 2. The van der Waals surface area contributed by atoms with Crippen molar-refractivity contribution in [2.75, 3.05) is 10.2 Å². The maximum absolute atomic E-state index is 12.7. The Hall–Kier alpha value is -1.43. The first-order valence-corrected chi connectivity index (χ1v) is 8.63. The standard InChI is InChI=1S/C16H7Cl5N2O2/c17-7-3-8(18)5-10(4-7)23-15(24)13(21)14(16(23)25)22-9-1-2-11(19)12(20)6-9/h1-6,22H. The second-order valence-corrected chi connectivity index (χ2v) is 7.08. The molecule has 0 radical (unpaired) electrons. The van der Waals surface area contributed by atoms with Crippen molar-refractivity contribution < 1.29 is 9.59 Å². The van der Waals surface area contributed by atoms with Crippen LogP contribution in [0.4, 0.5) is 11.4 Å². The Balaban J connectivity index is 1.95. The van der Waals surface area contributed by atoms with Gasteiger partial charge in [-0.15, -0.1) is 0 Å². The molecule has 0 bridgehead atoms. The molecule has 0 saturated carbocycles. The first-order chi connectivity index (χ1) is 11.8. The van der Waals surface area contributed by atoms with Crippen LogP contribution in [0.5, 0.6) is 0 Å². The molecule has 0 fully saturated rings. The van der Waals surface area contributed by atoms with Gasteiger partial charge in [-0.1, -0.05) is 58.0 Å². The molecule has 9 heteroatoms. The molecule has 0 aromatic heterocycles. The smallest absolute Gasteiger partial charge is 0.283 e. The van der Waals surface area contributed by atoms with Gasteiger partial charge < -0.3 is 5.32 Å². The van der Waals surface area contributed by atoms with Crippen molar-refractivity contribution in [3.05, 3.63) is 67.2 Å². The van der Waals surface area contributed by atoms with Crippen LogP contribution >= 0.6 is 58.0 Å². The van der Waals surface area contributed by atoms with E-state index in [2.05, 4.69) is 5.32 Å². The molecule has 1 N–H and O–H groups in total. The fourth-order valence-electron chi connectivity index (χ4n) is 2.23. The Morgan fingerprint density at radius 3 is 2.00 bits per heavy atom. The molecule has 1 aliphatic heterocycles. The summed E-state index contributed by atoms with van der Waals surface area (Å²) in [6, 6.07) is 9.03. The number of carbonyl (C=O) groups is 2. The fraction of sp³-hybridized carbons (Fsp3) is 0. The van der Waals surface area contributed by atoms with Crippen LogP contribution in [0.25, 0.3) is 0 Å². The van der Waals surface area contributed by atoms with Crippen molar-refractivity contribution in [3.63, 3.8) is 0 Å². The van der Waals surface area contributed by atoms with Gasteiger partial charge in [-0.3, -0.25) is 9.59 Å². The van der Waals surface area contributed by atoms with Gasteiger partial charge in [-0.2, -0.15) is 0 Å². The Bertz CT molecular complexity index is 922. The van der Waals surface area contributed by atoms with Gasteiger partial charge in [0.15, 0.2) is 0 Å². The number of halogens is 5. The average molecular weight is 437 g/mol.